The summed E-state index contributed by atoms with van der Waals surface area (Å²) >= 11 is 0. The van der Waals surface area contributed by atoms with Crippen molar-refractivity contribution in [2.45, 2.75) is 63.1 Å². The monoisotopic (exact) mass is 254 g/mol. The molecule has 2 fully saturated rings. The molecule has 104 valence electrons. The predicted molar refractivity (Wildman–Crippen MR) is 71.5 cm³/mol. The summed E-state index contributed by atoms with van der Waals surface area (Å²) in [6, 6.07) is 1.08. The molecule has 2 aliphatic rings. The number of nitrogens with one attached hydrogen (secondary N) is 1. The molecule has 0 bridgehead atoms. The highest BCUT2D eigenvalue weighted by molar-refractivity contribution is 5.76. The molecule has 0 aromatic carbocycles. The van der Waals surface area contributed by atoms with Gasteiger partial charge in [0.15, 0.2) is 0 Å². The summed E-state index contributed by atoms with van der Waals surface area (Å²) in [6.07, 6.45) is 7.51. The molecule has 1 saturated carbocycles. The fraction of sp³-hybridized carbons (Fsp3) is 0.929. The number of hydrogen-bond acceptors (Lipinski definition) is 3. The molecule has 18 heavy (non-hydrogen) atoms. The highest BCUT2D eigenvalue weighted by Crippen LogP contribution is 2.24. The van der Waals surface area contributed by atoms with E-state index in [-0.39, 0.29) is 12.0 Å². The first-order valence-electron chi connectivity index (χ1n) is 7.25. The average molecular weight is 254 g/mol. The number of rotatable bonds is 4. The summed E-state index contributed by atoms with van der Waals surface area (Å²) < 4.78 is 5.54. The largest absolute Gasteiger partial charge is 0.378 e. The maximum atomic E-state index is 12.2. The summed E-state index contributed by atoms with van der Waals surface area (Å²) in [5, 5.41) is 3.33. The van der Waals surface area contributed by atoms with Crippen LogP contribution in [0, 0.1) is 0 Å². The zero-order chi connectivity index (χ0) is 13.0. The molecule has 0 aromatic heterocycles. The lowest BCUT2D eigenvalue weighted by molar-refractivity contribution is -0.134. The van der Waals surface area contributed by atoms with Gasteiger partial charge in [0.25, 0.3) is 0 Å². The molecule has 2 rings (SSSR count). The summed E-state index contributed by atoms with van der Waals surface area (Å²) in [7, 11) is 3.99. The lowest BCUT2D eigenvalue weighted by atomic mass is 9.90. The fourth-order valence-corrected chi connectivity index (χ4v) is 3.10. The second-order valence-electron chi connectivity index (χ2n) is 5.64. The van der Waals surface area contributed by atoms with Crippen LogP contribution < -0.4 is 5.32 Å². The minimum Gasteiger partial charge on any atom is -0.378 e. The van der Waals surface area contributed by atoms with Crippen molar-refractivity contribution < 1.29 is 9.53 Å². The Morgan fingerprint density at radius 1 is 1.28 bits per heavy atom. The van der Waals surface area contributed by atoms with E-state index in [9.17, 15) is 4.79 Å². The average Bonchev–Trinajstić information content (AvgIpc) is 2.91. The second kappa shape index (κ2) is 6.53. The van der Waals surface area contributed by atoms with Gasteiger partial charge in [0.1, 0.15) is 0 Å². The van der Waals surface area contributed by atoms with Crippen LogP contribution in [-0.4, -0.2) is 49.7 Å². The van der Waals surface area contributed by atoms with Gasteiger partial charge in [0.2, 0.25) is 5.91 Å². The lowest BCUT2D eigenvalue weighted by Crippen LogP contribution is -2.43. The minimum absolute atomic E-state index is 0.175. The van der Waals surface area contributed by atoms with Gasteiger partial charge < -0.3 is 15.0 Å². The summed E-state index contributed by atoms with van der Waals surface area (Å²) in [6.45, 7) is 0.828. The maximum absolute atomic E-state index is 12.2. The topological polar surface area (TPSA) is 41.6 Å². The molecule has 1 aliphatic heterocycles. The number of carbonyl (C=O) groups is 1. The molecule has 1 unspecified atom stereocenters. The Labute approximate surface area is 110 Å². The number of carbonyl (C=O) groups excluding carboxylic acids is 1. The van der Waals surface area contributed by atoms with Crippen LogP contribution in [0.1, 0.15) is 44.9 Å². The zero-order valence-corrected chi connectivity index (χ0v) is 11.7. The van der Waals surface area contributed by atoms with Gasteiger partial charge in [-0.3, -0.25) is 4.79 Å². The molecule has 4 heteroatoms. The number of amides is 1. The molecular formula is C14H26N2O2. The first kappa shape index (κ1) is 13.8. The van der Waals surface area contributed by atoms with Gasteiger partial charge in [-0.15, -0.1) is 0 Å². The number of nitrogens with zero attached hydrogens (tertiary/aromatic N) is 1. The quantitative estimate of drug-likeness (QED) is 0.827. The molecule has 0 spiro atoms. The second-order valence-corrected chi connectivity index (χ2v) is 5.64. The highest BCUT2D eigenvalue weighted by Gasteiger charge is 2.28. The van der Waals surface area contributed by atoms with Crippen molar-refractivity contribution in [2.75, 3.05) is 20.7 Å². The van der Waals surface area contributed by atoms with E-state index in [1.165, 1.54) is 12.8 Å². The first-order chi connectivity index (χ1) is 8.70. The van der Waals surface area contributed by atoms with Gasteiger partial charge in [-0.05, 0) is 45.6 Å². The van der Waals surface area contributed by atoms with E-state index in [2.05, 4.69) is 5.32 Å². The van der Waals surface area contributed by atoms with Crippen LogP contribution >= 0.6 is 0 Å². The molecular weight excluding hydrogens is 228 g/mol. The Morgan fingerprint density at radius 2 is 2.00 bits per heavy atom. The van der Waals surface area contributed by atoms with Crippen molar-refractivity contribution in [3.8, 4) is 0 Å². The van der Waals surface area contributed by atoms with E-state index < -0.39 is 0 Å². The van der Waals surface area contributed by atoms with Crippen LogP contribution in [0.2, 0.25) is 0 Å². The van der Waals surface area contributed by atoms with E-state index in [0.29, 0.717) is 18.5 Å². The molecule has 4 nitrogen and oxygen atoms in total. The first-order valence-corrected chi connectivity index (χ1v) is 7.25. The fourth-order valence-electron chi connectivity index (χ4n) is 3.10. The maximum Gasteiger partial charge on any atom is 0.225 e. The number of ether oxygens (including phenoxy) is 1. The Balaban J connectivity index is 1.76. The third-order valence-electron chi connectivity index (χ3n) is 4.47. The third-order valence-corrected chi connectivity index (χ3v) is 4.47. The summed E-state index contributed by atoms with van der Waals surface area (Å²) in [5.41, 5.74) is 0. The molecule has 1 heterocycles. The van der Waals surface area contributed by atoms with Crippen molar-refractivity contribution in [1.82, 2.24) is 10.2 Å². The van der Waals surface area contributed by atoms with Gasteiger partial charge in [-0.1, -0.05) is 0 Å². The third kappa shape index (κ3) is 3.45. The van der Waals surface area contributed by atoms with Gasteiger partial charge >= 0.3 is 0 Å². The van der Waals surface area contributed by atoms with Gasteiger partial charge in [0, 0.05) is 25.7 Å². The predicted octanol–water partition coefficient (Wildman–Crippen LogP) is 1.54. The molecule has 1 N–H and O–H groups in total. The van der Waals surface area contributed by atoms with Gasteiger partial charge in [-0.2, -0.15) is 0 Å². The van der Waals surface area contributed by atoms with Crippen molar-refractivity contribution in [3.05, 3.63) is 0 Å². The van der Waals surface area contributed by atoms with E-state index in [1.54, 1.807) is 0 Å². The number of hydrogen-bond donors (Lipinski definition) is 1. The Bertz CT molecular complexity index is 269. The normalized spacial score (nSPS) is 32.4. The van der Waals surface area contributed by atoms with Crippen molar-refractivity contribution in [3.63, 3.8) is 0 Å². The zero-order valence-electron chi connectivity index (χ0n) is 11.7. The Kier molecular flexibility index (Phi) is 5.01. The molecule has 1 aliphatic carbocycles. The molecule has 1 amide bonds. The van der Waals surface area contributed by atoms with Crippen molar-refractivity contribution in [2.24, 2.45) is 0 Å². The van der Waals surface area contributed by atoms with Crippen LogP contribution in [0.15, 0.2) is 0 Å². The lowest BCUT2D eigenvalue weighted by Gasteiger charge is -2.35. The van der Waals surface area contributed by atoms with E-state index in [4.69, 9.17) is 4.74 Å². The Hall–Kier alpha value is -0.610. The van der Waals surface area contributed by atoms with E-state index in [0.717, 1.165) is 32.3 Å². The summed E-state index contributed by atoms with van der Waals surface area (Å²) in [4.78, 5) is 14.1. The van der Waals surface area contributed by atoms with Crippen molar-refractivity contribution in [1.29, 1.82) is 0 Å². The van der Waals surface area contributed by atoms with Crippen LogP contribution in [0.3, 0.4) is 0 Å². The van der Waals surface area contributed by atoms with Crippen molar-refractivity contribution >= 4 is 5.91 Å². The SMILES string of the molecule is CNC1CCC(N(C)C(=O)CC2CCCO2)CC1. The molecule has 0 radical (unpaired) electrons. The van der Waals surface area contributed by atoms with Gasteiger partial charge in [0.05, 0.1) is 12.5 Å². The highest BCUT2D eigenvalue weighted by atomic mass is 16.5. The van der Waals surface area contributed by atoms with Crippen LogP contribution in [0.25, 0.3) is 0 Å². The van der Waals surface area contributed by atoms with Gasteiger partial charge in [-0.25, -0.2) is 0 Å². The molecule has 0 aromatic rings. The smallest absolute Gasteiger partial charge is 0.225 e. The Morgan fingerprint density at radius 3 is 2.56 bits per heavy atom. The molecule has 1 saturated heterocycles. The minimum atomic E-state index is 0.175. The van der Waals surface area contributed by atoms with Crippen LogP contribution in [0.5, 0.6) is 0 Å². The molecule has 1 atom stereocenters. The summed E-state index contributed by atoms with van der Waals surface area (Å²) in [5.74, 6) is 0.259. The van der Waals surface area contributed by atoms with E-state index >= 15 is 0 Å². The van der Waals surface area contributed by atoms with Crippen LogP contribution in [0.4, 0.5) is 0 Å². The van der Waals surface area contributed by atoms with Crippen LogP contribution in [-0.2, 0) is 9.53 Å². The van der Waals surface area contributed by atoms with E-state index in [1.807, 2.05) is 19.0 Å². The standard InChI is InChI=1S/C14H26N2O2/c1-15-11-5-7-12(8-6-11)16(2)14(17)10-13-4-3-9-18-13/h11-13,15H,3-10H2,1-2H3.